The molecule has 0 aliphatic carbocycles. The van der Waals surface area contributed by atoms with Crippen LogP contribution in [0.25, 0.3) is 0 Å². The second-order valence-corrected chi connectivity index (χ2v) is 6.46. The molecule has 24 heavy (non-hydrogen) atoms. The number of carbonyl (C=O) groups is 1. The minimum atomic E-state index is 0.0240. The molecule has 1 aliphatic heterocycles. The number of aryl methyl sites for hydroxylation is 2. The fraction of sp³-hybridized carbons (Fsp3) is 0.421. The van der Waals surface area contributed by atoms with Crippen LogP contribution in [0.1, 0.15) is 37.0 Å². The molecule has 0 saturated carbocycles. The normalized spacial score (nSPS) is 13.8. The summed E-state index contributed by atoms with van der Waals surface area (Å²) in [7, 11) is 1.82. The lowest BCUT2D eigenvalue weighted by Crippen LogP contribution is -2.26. The van der Waals surface area contributed by atoms with Crippen LogP contribution in [0.3, 0.4) is 0 Å². The van der Waals surface area contributed by atoms with Gasteiger partial charge in [-0.15, -0.1) is 10.2 Å². The Morgan fingerprint density at radius 3 is 2.88 bits per heavy atom. The van der Waals surface area contributed by atoms with Gasteiger partial charge in [0.05, 0.1) is 6.54 Å². The second-order valence-electron chi connectivity index (χ2n) is 6.46. The smallest absolute Gasteiger partial charge is 0.246 e. The number of allylic oxidation sites excluding steroid dienone is 1. The number of nitrogens with zero attached hydrogens (tertiary/aromatic N) is 4. The van der Waals surface area contributed by atoms with Gasteiger partial charge in [0, 0.05) is 26.1 Å². The number of aromatic nitrogens is 3. The minimum Gasteiger partial charge on any atom is -0.335 e. The van der Waals surface area contributed by atoms with Gasteiger partial charge in [-0.2, -0.15) is 0 Å². The van der Waals surface area contributed by atoms with E-state index in [1.807, 2.05) is 32.2 Å². The van der Waals surface area contributed by atoms with Crippen LogP contribution in [-0.2, 0) is 30.7 Å². The zero-order valence-electron chi connectivity index (χ0n) is 14.4. The maximum atomic E-state index is 12.4. The van der Waals surface area contributed by atoms with E-state index in [-0.39, 0.29) is 5.91 Å². The Balaban J connectivity index is 1.54. The Morgan fingerprint density at radius 2 is 2.08 bits per heavy atom. The molecule has 1 aromatic carbocycles. The molecule has 0 radical (unpaired) electrons. The molecule has 5 nitrogen and oxygen atoms in total. The maximum absolute atomic E-state index is 12.4. The van der Waals surface area contributed by atoms with Crippen molar-refractivity contribution in [3.8, 4) is 0 Å². The van der Waals surface area contributed by atoms with E-state index < -0.39 is 0 Å². The van der Waals surface area contributed by atoms with Crippen molar-refractivity contribution in [2.24, 2.45) is 0 Å². The first-order chi connectivity index (χ1) is 11.6. The van der Waals surface area contributed by atoms with Gasteiger partial charge in [-0.25, -0.2) is 0 Å². The standard InChI is InChI=1S/C19H24N4O/c1-15(10-11-16-7-4-3-5-8-16)13-19(24)22(2)14-18-21-20-17-9-6-12-23(17)18/h3-5,7-8,13H,6,9-12,14H2,1-2H3. The highest BCUT2D eigenvalue weighted by atomic mass is 16.2. The molecule has 0 saturated heterocycles. The molecule has 1 aliphatic rings. The van der Waals surface area contributed by atoms with Crippen LogP contribution in [0, 0.1) is 0 Å². The van der Waals surface area contributed by atoms with Gasteiger partial charge in [0.2, 0.25) is 5.91 Å². The van der Waals surface area contributed by atoms with Crippen LogP contribution in [0.5, 0.6) is 0 Å². The molecule has 3 rings (SSSR count). The number of rotatable bonds is 6. The fourth-order valence-electron chi connectivity index (χ4n) is 3.00. The molecule has 2 heterocycles. The molecule has 1 aromatic heterocycles. The third-order valence-electron chi connectivity index (χ3n) is 4.46. The Morgan fingerprint density at radius 1 is 1.29 bits per heavy atom. The Kier molecular flexibility index (Phi) is 5.08. The summed E-state index contributed by atoms with van der Waals surface area (Å²) in [6, 6.07) is 10.3. The van der Waals surface area contributed by atoms with E-state index in [1.165, 1.54) is 5.56 Å². The third kappa shape index (κ3) is 3.91. The van der Waals surface area contributed by atoms with Gasteiger partial charge in [-0.05, 0) is 31.7 Å². The quantitative estimate of drug-likeness (QED) is 0.768. The van der Waals surface area contributed by atoms with E-state index in [9.17, 15) is 4.79 Å². The molecular formula is C19H24N4O. The summed E-state index contributed by atoms with van der Waals surface area (Å²) >= 11 is 0. The molecule has 5 heteroatoms. The first kappa shape index (κ1) is 16.4. The van der Waals surface area contributed by atoms with Crippen molar-refractivity contribution in [2.45, 2.75) is 45.7 Å². The first-order valence-electron chi connectivity index (χ1n) is 8.50. The Labute approximate surface area is 143 Å². The number of carbonyl (C=O) groups excluding carboxylic acids is 1. The topological polar surface area (TPSA) is 51.0 Å². The third-order valence-corrected chi connectivity index (χ3v) is 4.46. The molecule has 126 valence electrons. The fourth-order valence-corrected chi connectivity index (χ4v) is 3.00. The lowest BCUT2D eigenvalue weighted by atomic mass is 10.1. The van der Waals surface area contributed by atoms with Crippen molar-refractivity contribution in [1.82, 2.24) is 19.7 Å². The molecule has 0 spiro atoms. The summed E-state index contributed by atoms with van der Waals surface area (Å²) in [6.45, 7) is 3.49. The lowest BCUT2D eigenvalue weighted by molar-refractivity contribution is -0.125. The summed E-state index contributed by atoms with van der Waals surface area (Å²) in [4.78, 5) is 14.1. The van der Waals surface area contributed by atoms with Gasteiger partial charge in [-0.1, -0.05) is 35.9 Å². The van der Waals surface area contributed by atoms with Crippen LogP contribution in [0.2, 0.25) is 0 Å². The number of benzene rings is 1. The predicted octanol–water partition coefficient (Wildman–Crippen LogP) is 2.76. The summed E-state index contributed by atoms with van der Waals surface area (Å²) in [5.41, 5.74) is 2.40. The average Bonchev–Trinajstić information content (AvgIpc) is 3.19. The lowest BCUT2D eigenvalue weighted by Gasteiger charge is -2.15. The van der Waals surface area contributed by atoms with E-state index in [0.29, 0.717) is 6.54 Å². The number of likely N-dealkylation sites (N-methyl/N-ethyl adjacent to an activating group) is 1. The molecule has 0 atom stereocenters. The van der Waals surface area contributed by atoms with Crippen LogP contribution in [0.4, 0.5) is 0 Å². The number of amides is 1. The highest BCUT2D eigenvalue weighted by molar-refractivity contribution is 5.87. The molecule has 0 bridgehead atoms. The summed E-state index contributed by atoms with van der Waals surface area (Å²) in [5, 5.41) is 8.41. The van der Waals surface area contributed by atoms with Gasteiger partial charge >= 0.3 is 0 Å². The molecule has 0 N–H and O–H groups in total. The van der Waals surface area contributed by atoms with Crippen molar-refractivity contribution in [3.05, 3.63) is 59.2 Å². The van der Waals surface area contributed by atoms with E-state index in [2.05, 4.69) is 26.9 Å². The molecule has 0 fully saturated rings. The largest absolute Gasteiger partial charge is 0.335 e. The van der Waals surface area contributed by atoms with Crippen molar-refractivity contribution < 1.29 is 4.79 Å². The first-order valence-corrected chi connectivity index (χ1v) is 8.50. The summed E-state index contributed by atoms with van der Waals surface area (Å²) in [5.74, 6) is 1.95. The van der Waals surface area contributed by atoms with E-state index in [1.54, 1.807) is 11.0 Å². The maximum Gasteiger partial charge on any atom is 0.246 e. The van der Waals surface area contributed by atoms with Gasteiger partial charge in [0.15, 0.2) is 5.82 Å². The second kappa shape index (κ2) is 7.43. The monoisotopic (exact) mass is 324 g/mol. The van der Waals surface area contributed by atoms with Crippen molar-refractivity contribution in [1.29, 1.82) is 0 Å². The summed E-state index contributed by atoms with van der Waals surface area (Å²) in [6.07, 6.45) is 5.70. The van der Waals surface area contributed by atoms with Crippen molar-refractivity contribution in [2.75, 3.05) is 7.05 Å². The van der Waals surface area contributed by atoms with Crippen LogP contribution in [-0.4, -0.2) is 32.6 Å². The van der Waals surface area contributed by atoms with E-state index in [4.69, 9.17) is 0 Å². The molecule has 0 unspecified atom stereocenters. The number of fused-ring (bicyclic) bond motifs is 1. The van der Waals surface area contributed by atoms with Gasteiger partial charge < -0.3 is 9.47 Å². The highest BCUT2D eigenvalue weighted by Crippen LogP contribution is 2.15. The Bertz CT molecular complexity index is 733. The minimum absolute atomic E-state index is 0.0240. The van der Waals surface area contributed by atoms with Crippen molar-refractivity contribution in [3.63, 3.8) is 0 Å². The van der Waals surface area contributed by atoms with Gasteiger partial charge in [0.25, 0.3) is 0 Å². The van der Waals surface area contributed by atoms with E-state index >= 15 is 0 Å². The van der Waals surface area contributed by atoms with Crippen LogP contribution in [0.15, 0.2) is 42.0 Å². The molecular weight excluding hydrogens is 300 g/mol. The average molecular weight is 324 g/mol. The number of hydrogen-bond donors (Lipinski definition) is 0. The Hall–Kier alpha value is -2.43. The number of hydrogen-bond acceptors (Lipinski definition) is 3. The molecule has 2 aromatic rings. The molecule has 1 amide bonds. The van der Waals surface area contributed by atoms with Gasteiger partial charge in [-0.3, -0.25) is 4.79 Å². The van der Waals surface area contributed by atoms with Crippen LogP contribution < -0.4 is 0 Å². The predicted molar refractivity (Wildman–Crippen MR) is 93.3 cm³/mol. The zero-order chi connectivity index (χ0) is 16.9. The summed E-state index contributed by atoms with van der Waals surface area (Å²) < 4.78 is 2.13. The van der Waals surface area contributed by atoms with Crippen LogP contribution >= 0.6 is 0 Å². The van der Waals surface area contributed by atoms with E-state index in [0.717, 1.165) is 49.4 Å². The highest BCUT2D eigenvalue weighted by Gasteiger charge is 2.19. The van der Waals surface area contributed by atoms with Gasteiger partial charge in [0.1, 0.15) is 5.82 Å². The zero-order valence-corrected chi connectivity index (χ0v) is 14.4. The van der Waals surface area contributed by atoms with Crippen molar-refractivity contribution >= 4 is 5.91 Å². The SMILES string of the molecule is CC(=CC(=O)N(C)Cc1nnc2n1CCC2)CCc1ccccc1.